The van der Waals surface area contributed by atoms with Gasteiger partial charge in [-0.2, -0.15) is 0 Å². The molecule has 0 unspecified atom stereocenters. The lowest BCUT2D eigenvalue weighted by Gasteiger charge is -2.17. The number of hydrogen-bond donors (Lipinski definition) is 2. The van der Waals surface area contributed by atoms with Crippen LogP contribution in [0.2, 0.25) is 0 Å². The van der Waals surface area contributed by atoms with Crippen molar-refractivity contribution >= 4 is 27.5 Å². The summed E-state index contributed by atoms with van der Waals surface area (Å²) in [5.74, 6) is -0.140. The van der Waals surface area contributed by atoms with Crippen LogP contribution in [0, 0.1) is 0 Å². The average molecular weight is 379 g/mol. The van der Waals surface area contributed by atoms with Gasteiger partial charge in [-0.25, -0.2) is 8.42 Å². The number of benzene rings is 1. The first kappa shape index (κ1) is 18.7. The summed E-state index contributed by atoms with van der Waals surface area (Å²) >= 11 is 0. The zero-order chi connectivity index (χ0) is 18.6. The lowest BCUT2D eigenvalue weighted by Crippen LogP contribution is -2.35. The highest BCUT2D eigenvalue weighted by Crippen LogP contribution is 2.24. The first-order chi connectivity index (χ1) is 12.5. The maximum atomic E-state index is 12.2. The molecule has 1 aliphatic heterocycles. The molecule has 1 aromatic carbocycles. The topological polar surface area (TPSA) is 95.6 Å². The van der Waals surface area contributed by atoms with Crippen molar-refractivity contribution in [2.75, 3.05) is 23.1 Å². The molecule has 7 nitrogen and oxygen atoms in total. The van der Waals surface area contributed by atoms with E-state index in [1.54, 1.807) is 24.3 Å². The van der Waals surface area contributed by atoms with Gasteiger partial charge >= 0.3 is 0 Å². The predicted molar refractivity (Wildman–Crippen MR) is 99.5 cm³/mol. The van der Waals surface area contributed by atoms with Gasteiger partial charge in [0.15, 0.2) is 0 Å². The molecule has 3 rings (SSSR count). The highest BCUT2D eigenvalue weighted by atomic mass is 32.2. The Bertz CT molecular complexity index is 755. The van der Waals surface area contributed by atoms with E-state index in [1.807, 2.05) is 0 Å². The second kappa shape index (κ2) is 8.07. The Morgan fingerprint density at radius 1 is 1.08 bits per heavy atom. The van der Waals surface area contributed by atoms with Crippen LogP contribution in [0.4, 0.5) is 5.69 Å². The van der Waals surface area contributed by atoms with Crippen LogP contribution in [-0.4, -0.2) is 45.1 Å². The van der Waals surface area contributed by atoms with Crippen molar-refractivity contribution in [1.29, 1.82) is 0 Å². The molecule has 2 amide bonds. The van der Waals surface area contributed by atoms with Crippen LogP contribution in [0.1, 0.15) is 48.9 Å². The molecule has 2 fully saturated rings. The number of nitrogens with zero attached hydrogens (tertiary/aromatic N) is 1. The van der Waals surface area contributed by atoms with Gasteiger partial charge in [0.2, 0.25) is 15.9 Å². The van der Waals surface area contributed by atoms with Crippen LogP contribution in [0.5, 0.6) is 0 Å². The van der Waals surface area contributed by atoms with Crippen molar-refractivity contribution in [3.8, 4) is 0 Å². The van der Waals surface area contributed by atoms with Crippen LogP contribution in [0.3, 0.4) is 0 Å². The molecule has 8 heteroatoms. The summed E-state index contributed by atoms with van der Waals surface area (Å²) in [7, 11) is -3.22. The Labute approximate surface area is 154 Å². The first-order valence-electron chi connectivity index (χ1n) is 9.14. The molecule has 0 atom stereocenters. The van der Waals surface area contributed by atoms with E-state index in [2.05, 4.69) is 10.6 Å². The molecule has 26 heavy (non-hydrogen) atoms. The lowest BCUT2D eigenvalue weighted by atomic mass is 10.2. The number of sulfonamides is 1. The third-order valence-corrected chi connectivity index (χ3v) is 6.74. The molecule has 1 saturated carbocycles. The van der Waals surface area contributed by atoms with E-state index in [9.17, 15) is 18.0 Å². The van der Waals surface area contributed by atoms with Gasteiger partial charge in [-0.3, -0.25) is 13.9 Å². The average Bonchev–Trinajstić information content (AvgIpc) is 3.23. The standard InChI is InChI=1S/C18H25N3O4S/c22-17(20-15-4-1-2-5-15)10-11-19-18(23)14-6-8-16(9-7-14)21-12-3-13-26(21,24)25/h6-9,15H,1-5,10-13H2,(H,19,23)(H,20,22). The molecule has 0 spiro atoms. The summed E-state index contributed by atoms with van der Waals surface area (Å²) in [5.41, 5.74) is 1.02. The van der Waals surface area contributed by atoms with Gasteiger partial charge in [0.05, 0.1) is 11.4 Å². The fourth-order valence-corrected chi connectivity index (χ4v) is 5.03. The van der Waals surface area contributed by atoms with Crippen molar-refractivity contribution in [1.82, 2.24) is 10.6 Å². The van der Waals surface area contributed by atoms with Crippen LogP contribution < -0.4 is 14.9 Å². The number of nitrogens with one attached hydrogen (secondary N) is 2. The molecule has 1 saturated heterocycles. The smallest absolute Gasteiger partial charge is 0.251 e. The quantitative estimate of drug-likeness (QED) is 0.781. The van der Waals surface area contributed by atoms with Gasteiger partial charge in [-0.05, 0) is 43.5 Å². The SMILES string of the molecule is O=C(CCNC(=O)c1ccc(N2CCCS2(=O)=O)cc1)NC1CCCC1. The highest BCUT2D eigenvalue weighted by Gasteiger charge is 2.28. The molecular formula is C18H25N3O4S. The summed E-state index contributed by atoms with van der Waals surface area (Å²) in [5, 5.41) is 5.71. The fourth-order valence-electron chi connectivity index (χ4n) is 3.47. The third-order valence-electron chi connectivity index (χ3n) is 4.87. The molecule has 0 aromatic heterocycles. The van der Waals surface area contributed by atoms with Crippen LogP contribution >= 0.6 is 0 Å². The molecular weight excluding hydrogens is 354 g/mol. The normalized spacial score (nSPS) is 19.5. The van der Waals surface area contributed by atoms with Gasteiger partial charge in [0.25, 0.3) is 5.91 Å². The lowest BCUT2D eigenvalue weighted by molar-refractivity contribution is -0.121. The zero-order valence-electron chi connectivity index (χ0n) is 14.7. The van der Waals surface area contributed by atoms with Gasteiger partial charge in [0, 0.05) is 31.1 Å². The second-order valence-electron chi connectivity index (χ2n) is 6.84. The molecule has 0 bridgehead atoms. The van der Waals surface area contributed by atoms with Gasteiger partial charge in [-0.15, -0.1) is 0 Å². The van der Waals surface area contributed by atoms with E-state index in [1.165, 1.54) is 4.31 Å². The van der Waals surface area contributed by atoms with E-state index in [4.69, 9.17) is 0 Å². The third kappa shape index (κ3) is 4.55. The summed E-state index contributed by atoms with van der Waals surface area (Å²) in [6.07, 6.45) is 5.28. The second-order valence-corrected chi connectivity index (χ2v) is 8.86. The monoisotopic (exact) mass is 379 g/mol. The van der Waals surface area contributed by atoms with E-state index >= 15 is 0 Å². The maximum Gasteiger partial charge on any atom is 0.251 e. The Hall–Kier alpha value is -2.09. The van der Waals surface area contributed by atoms with Gasteiger partial charge < -0.3 is 10.6 Å². The summed E-state index contributed by atoms with van der Waals surface area (Å²) < 4.78 is 25.2. The minimum Gasteiger partial charge on any atom is -0.353 e. The van der Waals surface area contributed by atoms with Crippen molar-refractivity contribution in [3.05, 3.63) is 29.8 Å². The Kier molecular flexibility index (Phi) is 5.80. The Morgan fingerprint density at radius 2 is 1.77 bits per heavy atom. The van der Waals surface area contributed by atoms with Crippen molar-refractivity contribution in [3.63, 3.8) is 0 Å². The minimum absolute atomic E-state index is 0.0354. The number of hydrogen-bond acceptors (Lipinski definition) is 4. The van der Waals surface area contributed by atoms with E-state index in [0.717, 1.165) is 25.7 Å². The number of amides is 2. The molecule has 142 valence electrons. The Balaban J connectivity index is 1.46. The van der Waals surface area contributed by atoms with Crippen molar-refractivity contribution in [2.45, 2.75) is 44.6 Å². The van der Waals surface area contributed by atoms with E-state index in [0.29, 0.717) is 24.2 Å². The summed E-state index contributed by atoms with van der Waals surface area (Å²) in [4.78, 5) is 24.0. The van der Waals surface area contributed by atoms with Gasteiger partial charge in [-0.1, -0.05) is 12.8 Å². The molecule has 2 N–H and O–H groups in total. The van der Waals surface area contributed by atoms with E-state index in [-0.39, 0.29) is 36.6 Å². The molecule has 1 heterocycles. The highest BCUT2D eigenvalue weighted by molar-refractivity contribution is 7.93. The van der Waals surface area contributed by atoms with Crippen LogP contribution in [-0.2, 0) is 14.8 Å². The van der Waals surface area contributed by atoms with Gasteiger partial charge in [0.1, 0.15) is 0 Å². The first-order valence-corrected chi connectivity index (χ1v) is 10.7. The molecule has 2 aliphatic rings. The molecule has 1 aliphatic carbocycles. The largest absolute Gasteiger partial charge is 0.353 e. The minimum atomic E-state index is -3.22. The molecule has 0 radical (unpaired) electrons. The number of anilines is 1. The Morgan fingerprint density at radius 3 is 2.38 bits per heavy atom. The van der Waals surface area contributed by atoms with Crippen LogP contribution in [0.15, 0.2) is 24.3 Å². The van der Waals surface area contributed by atoms with Crippen molar-refractivity contribution < 1.29 is 18.0 Å². The number of carbonyl (C=O) groups excluding carboxylic acids is 2. The van der Waals surface area contributed by atoms with Crippen LogP contribution in [0.25, 0.3) is 0 Å². The summed E-state index contributed by atoms with van der Waals surface area (Å²) in [6.45, 7) is 0.754. The number of rotatable bonds is 6. The van der Waals surface area contributed by atoms with Crippen molar-refractivity contribution in [2.24, 2.45) is 0 Å². The zero-order valence-corrected chi connectivity index (χ0v) is 15.6. The fraction of sp³-hybridized carbons (Fsp3) is 0.556. The number of carbonyl (C=O) groups is 2. The van der Waals surface area contributed by atoms with E-state index < -0.39 is 10.0 Å². The predicted octanol–water partition coefficient (Wildman–Crippen LogP) is 1.41. The molecule has 1 aromatic rings. The summed E-state index contributed by atoms with van der Waals surface area (Å²) in [6, 6.07) is 6.79. The maximum absolute atomic E-state index is 12.2.